The summed E-state index contributed by atoms with van der Waals surface area (Å²) in [5.41, 5.74) is 2.97. The average molecular weight is 494 g/mol. The first-order chi connectivity index (χ1) is 17.2. The van der Waals surface area contributed by atoms with Crippen molar-refractivity contribution < 1.29 is 13.6 Å². The van der Waals surface area contributed by atoms with E-state index in [4.69, 9.17) is 0 Å². The minimum atomic E-state index is -0.809. The van der Waals surface area contributed by atoms with E-state index in [1.54, 1.807) is 50.2 Å². The number of aromatic nitrogens is 6. The van der Waals surface area contributed by atoms with Crippen LogP contribution >= 0.6 is 0 Å². The monoisotopic (exact) mass is 493 g/mol. The van der Waals surface area contributed by atoms with Gasteiger partial charge >= 0.3 is 0 Å². The summed E-state index contributed by atoms with van der Waals surface area (Å²) in [5.74, 6) is -2.13. The summed E-state index contributed by atoms with van der Waals surface area (Å²) in [6.07, 6.45) is 10.8. The lowest BCUT2D eigenvalue weighted by molar-refractivity contribution is 0.102. The molecule has 0 aliphatic heterocycles. The van der Waals surface area contributed by atoms with Gasteiger partial charge in [0, 0.05) is 48.9 Å². The number of nitrogens with one attached hydrogen (secondary N) is 2. The van der Waals surface area contributed by atoms with E-state index < -0.39 is 17.5 Å². The smallest absolute Gasteiger partial charge is 0.258 e. The number of aromatic amines is 1. The van der Waals surface area contributed by atoms with Gasteiger partial charge in [-0.15, -0.1) is 0 Å². The summed E-state index contributed by atoms with van der Waals surface area (Å²) in [6.45, 7) is 9.62. The van der Waals surface area contributed by atoms with Crippen LogP contribution in [0, 0.1) is 11.6 Å². The molecule has 2 N–H and O–H groups in total. The average Bonchev–Trinajstić information content (AvgIpc) is 3.53. The second kappa shape index (κ2) is 11.4. The maximum Gasteiger partial charge on any atom is 0.258 e. The van der Waals surface area contributed by atoms with Crippen molar-refractivity contribution in [2.24, 2.45) is 14.1 Å². The van der Waals surface area contributed by atoms with Crippen molar-refractivity contribution in [3.05, 3.63) is 77.5 Å². The molecule has 0 saturated heterocycles. The molecule has 36 heavy (non-hydrogen) atoms. The first kappa shape index (κ1) is 26.3. The largest absolute Gasteiger partial charge is 0.322 e. The zero-order valence-electron chi connectivity index (χ0n) is 20.9. The highest BCUT2D eigenvalue weighted by Crippen LogP contribution is 2.31. The molecule has 1 amide bonds. The first-order valence-corrected chi connectivity index (χ1v) is 11.4. The van der Waals surface area contributed by atoms with Gasteiger partial charge in [0.15, 0.2) is 0 Å². The summed E-state index contributed by atoms with van der Waals surface area (Å²) in [7, 11) is 3.45. The van der Waals surface area contributed by atoms with Crippen molar-refractivity contribution in [1.82, 2.24) is 29.8 Å². The Kier molecular flexibility index (Phi) is 8.31. The molecule has 0 spiro atoms. The molecule has 0 saturated carbocycles. The minimum absolute atomic E-state index is 0.00143. The van der Waals surface area contributed by atoms with Crippen LogP contribution in [0.3, 0.4) is 0 Å². The number of halogens is 2. The maximum absolute atomic E-state index is 15.0. The fourth-order valence-corrected chi connectivity index (χ4v) is 3.48. The van der Waals surface area contributed by atoms with Crippen molar-refractivity contribution in [2.45, 2.75) is 27.2 Å². The van der Waals surface area contributed by atoms with Crippen molar-refractivity contribution >= 4 is 29.3 Å². The molecule has 1 aromatic carbocycles. The number of hydrogen-bond acceptors (Lipinski definition) is 4. The number of hydrogen-bond donors (Lipinski definition) is 2. The maximum atomic E-state index is 15.0. The minimum Gasteiger partial charge on any atom is -0.322 e. The quantitative estimate of drug-likeness (QED) is 0.361. The lowest BCUT2D eigenvalue weighted by atomic mass is 10.00. The third-order valence-electron chi connectivity index (χ3n) is 5.04. The highest BCUT2D eigenvalue weighted by atomic mass is 19.1. The van der Waals surface area contributed by atoms with Gasteiger partial charge < -0.3 is 5.32 Å². The van der Waals surface area contributed by atoms with Crippen LogP contribution in [0.2, 0.25) is 0 Å². The van der Waals surface area contributed by atoms with Gasteiger partial charge in [0.2, 0.25) is 0 Å². The van der Waals surface area contributed by atoms with Crippen LogP contribution in [0.4, 0.5) is 14.5 Å². The van der Waals surface area contributed by atoms with E-state index in [1.165, 1.54) is 23.5 Å². The SMILES string of the molecule is C=Cc1[nH]nc(-c2cnn(C)c2)c1/C=C(\C)c1c(F)cc(NC(=O)c2cnn(C)c2)cc1F.CCC. The molecule has 3 aromatic heterocycles. The number of amides is 1. The van der Waals surface area contributed by atoms with Gasteiger partial charge in [-0.3, -0.25) is 19.3 Å². The number of rotatable bonds is 6. The fraction of sp³-hybridized carbons (Fsp3) is 0.231. The van der Waals surface area contributed by atoms with E-state index in [9.17, 15) is 13.6 Å². The molecule has 0 aliphatic rings. The number of anilines is 1. The Morgan fingerprint density at radius 1 is 1.11 bits per heavy atom. The molecule has 0 radical (unpaired) electrons. The van der Waals surface area contributed by atoms with Gasteiger partial charge in [0.05, 0.1) is 23.7 Å². The van der Waals surface area contributed by atoms with Crippen LogP contribution < -0.4 is 5.32 Å². The van der Waals surface area contributed by atoms with Crippen molar-refractivity contribution in [3.8, 4) is 11.3 Å². The molecule has 0 fully saturated rings. The Balaban J connectivity index is 0.00000115. The van der Waals surface area contributed by atoms with Gasteiger partial charge in [-0.1, -0.05) is 26.8 Å². The van der Waals surface area contributed by atoms with Gasteiger partial charge in [-0.05, 0) is 36.8 Å². The van der Waals surface area contributed by atoms with Gasteiger partial charge in [0.25, 0.3) is 5.91 Å². The zero-order chi connectivity index (χ0) is 26.4. The lowest BCUT2D eigenvalue weighted by Gasteiger charge is -2.10. The summed E-state index contributed by atoms with van der Waals surface area (Å²) in [4.78, 5) is 12.3. The van der Waals surface area contributed by atoms with Crippen molar-refractivity contribution in [2.75, 3.05) is 5.32 Å². The van der Waals surface area contributed by atoms with Crippen LogP contribution in [0.15, 0.2) is 43.5 Å². The summed E-state index contributed by atoms with van der Waals surface area (Å²) < 4.78 is 33.0. The number of aryl methyl sites for hydroxylation is 2. The van der Waals surface area contributed by atoms with E-state index in [0.717, 1.165) is 17.7 Å². The Hall–Kier alpha value is -4.34. The molecule has 0 bridgehead atoms. The third-order valence-corrected chi connectivity index (χ3v) is 5.04. The molecule has 0 aliphatic carbocycles. The zero-order valence-corrected chi connectivity index (χ0v) is 20.9. The van der Waals surface area contributed by atoms with E-state index in [1.807, 2.05) is 0 Å². The van der Waals surface area contributed by atoms with Crippen LogP contribution in [-0.4, -0.2) is 35.7 Å². The highest BCUT2D eigenvalue weighted by molar-refractivity contribution is 6.04. The first-order valence-electron chi connectivity index (χ1n) is 11.4. The van der Waals surface area contributed by atoms with Crippen LogP contribution in [0.25, 0.3) is 29.0 Å². The van der Waals surface area contributed by atoms with Crippen LogP contribution in [0.5, 0.6) is 0 Å². The molecule has 0 unspecified atom stereocenters. The number of allylic oxidation sites excluding steroid dienone is 1. The summed E-state index contributed by atoms with van der Waals surface area (Å²) in [5, 5.41) is 17.7. The third kappa shape index (κ3) is 5.83. The van der Waals surface area contributed by atoms with E-state index in [0.29, 0.717) is 22.5 Å². The second-order valence-electron chi connectivity index (χ2n) is 8.21. The van der Waals surface area contributed by atoms with Crippen LogP contribution in [0.1, 0.15) is 54.4 Å². The molecular formula is C26H29F2N7O. The Labute approximate surface area is 208 Å². The number of benzene rings is 1. The van der Waals surface area contributed by atoms with Gasteiger partial charge in [-0.25, -0.2) is 8.78 Å². The second-order valence-corrected chi connectivity index (χ2v) is 8.21. The molecule has 4 rings (SSSR count). The van der Waals surface area contributed by atoms with E-state index in [2.05, 4.69) is 46.1 Å². The molecule has 3 heterocycles. The molecule has 188 valence electrons. The molecule has 0 atom stereocenters. The van der Waals surface area contributed by atoms with E-state index in [-0.39, 0.29) is 16.8 Å². The standard InChI is InChI=1S/C23H21F2N7O.C3H8/c1-5-20-17(22(30-29-20)14-9-26-31(3)11-14)6-13(2)21-18(24)7-16(8-19(21)25)28-23(33)15-10-27-32(4)12-15;1-3-2/h5-12H,1H2,2-4H3,(H,28,33)(H,29,30);3H2,1-2H3/b13-6+;. The molecule has 8 nitrogen and oxygen atoms in total. The molecule has 10 heteroatoms. The summed E-state index contributed by atoms with van der Waals surface area (Å²) in [6, 6.07) is 2.16. The number of nitrogens with zero attached hydrogens (tertiary/aromatic N) is 5. The predicted octanol–water partition coefficient (Wildman–Crippen LogP) is 5.69. The summed E-state index contributed by atoms with van der Waals surface area (Å²) >= 11 is 0. The lowest BCUT2D eigenvalue weighted by Crippen LogP contribution is -2.12. The van der Waals surface area contributed by atoms with Gasteiger partial charge in [-0.2, -0.15) is 15.3 Å². The highest BCUT2D eigenvalue weighted by Gasteiger charge is 2.18. The Morgan fingerprint density at radius 3 is 2.25 bits per heavy atom. The Morgan fingerprint density at radius 2 is 1.72 bits per heavy atom. The Bertz CT molecular complexity index is 1390. The fourth-order valence-electron chi connectivity index (χ4n) is 3.48. The molecule has 4 aromatic rings. The molecular weight excluding hydrogens is 464 g/mol. The number of H-pyrrole nitrogens is 1. The van der Waals surface area contributed by atoms with E-state index >= 15 is 0 Å². The number of carbonyl (C=O) groups excluding carboxylic acids is 1. The van der Waals surface area contributed by atoms with Crippen molar-refractivity contribution in [3.63, 3.8) is 0 Å². The van der Waals surface area contributed by atoms with Crippen molar-refractivity contribution in [1.29, 1.82) is 0 Å². The normalized spacial score (nSPS) is 11.1. The number of carbonyl (C=O) groups is 1. The predicted molar refractivity (Wildman–Crippen MR) is 138 cm³/mol. The van der Waals surface area contributed by atoms with Crippen LogP contribution in [-0.2, 0) is 14.1 Å². The topological polar surface area (TPSA) is 93.4 Å². The van der Waals surface area contributed by atoms with Gasteiger partial charge in [0.1, 0.15) is 17.3 Å².